The minimum Gasteiger partial charge on any atom is -0.497 e. The maximum atomic E-state index is 13.2. The number of carbonyl (C=O) groups excluding carboxylic acids is 1. The van der Waals surface area contributed by atoms with Crippen LogP contribution in [-0.4, -0.2) is 82.3 Å². The number of carboxylic acid groups (broad SMARTS) is 1. The number of benzene rings is 2. The van der Waals surface area contributed by atoms with Crippen LogP contribution in [0, 0.1) is 0 Å². The van der Waals surface area contributed by atoms with Crippen LogP contribution in [0.25, 0.3) is 0 Å². The highest BCUT2D eigenvalue weighted by Gasteiger charge is 2.30. The fourth-order valence-electron chi connectivity index (χ4n) is 3.93. The minimum absolute atomic E-state index is 0.0387. The normalized spacial score (nSPS) is 15.8. The van der Waals surface area contributed by atoms with E-state index in [2.05, 4.69) is 10.0 Å². The number of hydrogen-bond acceptors (Lipinski definition) is 7. The first-order valence-corrected chi connectivity index (χ1v) is 13.3. The maximum absolute atomic E-state index is 13.2. The Morgan fingerprint density at radius 3 is 2.31 bits per heavy atom. The van der Waals surface area contributed by atoms with Crippen LogP contribution < -0.4 is 14.8 Å². The Balaban J connectivity index is 1.64. The zero-order chi connectivity index (χ0) is 26.0. The van der Waals surface area contributed by atoms with Crippen molar-refractivity contribution in [3.05, 3.63) is 60.2 Å². The van der Waals surface area contributed by atoms with Gasteiger partial charge in [-0.2, -0.15) is 0 Å². The van der Waals surface area contributed by atoms with Crippen LogP contribution in [-0.2, 0) is 30.8 Å². The number of morpholine rings is 1. The van der Waals surface area contributed by atoms with Gasteiger partial charge in [0.15, 0.2) is 0 Å². The summed E-state index contributed by atoms with van der Waals surface area (Å²) in [6.45, 7) is 1.65. The molecule has 2 aromatic rings. The summed E-state index contributed by atoms with van der Waals surface area (Å²) in [5.74, 6) is -0.812. The third-order valence-electron chi connectivity index (χ3n) is 5.98. The molecule has 3 N–H and O–H groups in total. The Bertz CT molecular complexity index is 1090. The predicted octanol–water partition coefficient (Wildman–Crippen LogP) is 1.27. The van der Waals surface area contributed by atoms with E-state index >= 15 is 0 Å². The molecule has 36 heavy (non-hydrogen) atoms. The largest absolute Gasteiger partial charge is 0.497 e. The molecule has 1 saturated heterocycles. The van der Waals surface area contributed by atoms with Gasteiger partial charge in [0.1, 0.15) is 11.8 Å². The van der Waals surface area contributed by atoms with Crippen LogP contribution >= 0.6 is 0 Å². The molecule has 1 aliphatic rings. The molecule has 0 spiro atoms. The molecule has 2 atom stereocenters. The van der Waals surface area contributed by atoms with E-state index in [1.807, 2.05) is 30.3 Å². The van der Waals surface area contributed by atoms with Gasteiger partial charge in [-0.1, -0.05) is 30.3 Å². The highest BCUT2D eigenvalue weighted by molar-refractivity contribution is 7.89. The van der Waals surface area contributed by atoms with Gasteiger partial charge in [-0.25, -0.2) is 13.1 Å². The first-order valence-electron chi connectivity index (χ1n) is 11.8. The zero-order valence-corrected chi connectivity index (χ0v) is 21.1. The molecule has 3 rings (SSSR count). The van der Waals surface area contributed by atoms with Gasteiger partial charge in [-0.3, -0.25) is 14.9 Å². The van der Waals surface area contributed by atoms with Gasteiger partial charge in [-0.05, 0) is 49.1 Å². The van der Waals surface area contributed by atoms with Gasteiger partial charge in [0.2, 0.25) is 15.9 Å². The van der Waals surface area contributed by atoms with Crippen molar-refractivity contribution in [1.29, 1.82) is 0 Å². The summed E-state index contributed by atoms with van der Waals surface area (Å²) in [4.78, 5) is 27.0. The first kappa shape index (κ1) is 27.6. The molecule has 0 radical (unpaired) electrons. The number of ether oxygens (including phenoxy) is 2. The molecule has 1 heterocycles. The summed E-state index contributed by atoms with van der Waals surface area (Å²) in [6.07, 6.45) is 0.954. The number of methoxy groups -OCH3 is 1. The number of sulfonamides is 1. The Labute approximate surface area is 211 Å². The van der Waals surface area contributed by atoms with Crippen molar-refractivity contribution in [3.8, 4) is 5.75 Å². The SMILES string of the molecule is COc1ccc(S(=O)(=O)NCC[C@H](N[C@@H](CCc2ccccc2)C(=O)N2CCOCC2)C(=O)O)cc1. The highest BCUT2D eigenvalue weighted by atomic mass is 32.2. The number of carbonyl (C=O) groups is 2. The van der Waals surface area contributed by atoms with Crippen LogP contribution in [0.15, 0.2) is 59.5 Å². The lowest BCUT2D eigenvalue weighted by Gasteiger charge is -2.32. The molecule has 196 valence electrons. The van der Waals surface area contributed by atoms with E-state index in [0.29, 0.717) is 44.9 Å². The summed E-state index contributed by atoms with van der Waals surface area (Å²) >= 11 is 0. The topological polar surface area (TPSA) is 134 Å². The second-order valence-corrected chi connectivity index (χ2v) is 10.2. The molecule has 0 saturated carbocycles. The van der Waals surface area contributed by atoms with Crippen LogP contribution in [0.3, 0.4) is 0 Å². The third kappa shape index (κ3) is 8.02. The fourth-order valence-corrected chi connectivity index (χ4v) is 4.98. The molecule has 1 aliphatic heterocycles. The van der Waals surface area contributed by atoms with Crippen molar-refractivity contribution >= 4 is 21.9 Å². The molecule has 2 aromatic carbocycles. The summed E-state index contributed by atoms with van der Waals surface area (Å²) < 4.78 is 38.0. The monoisotopic (exact) mass is 519 g/mol. The average Bonchev–Trinajstić information content (AvgIpc) is 2.90. The summed E-state index contributed by atoms with van der Waals surface area (Å²) in [7, 11) is -2.35. The predicted molar refractivity (Wildman–Crippen MR) is 133 cm³/mol. The Morgan fingerprint density at radius 2 is 1.69 bits per heavy atom. The van der Waals surface area contributed by atoms with Crippen molar-refractivity contribution < 1.29 is 32.6 Å². The third-order valence-corrected chi connectivity index (χ3v) is 7.46. The second-order valence-electron chi connectivity index (χ2n) is 8.43. The number of hydrogen-bond donors (Lipinski definition) is 3. The minimum atomic E-state index is -3.83. The number of nitrogens with zero attached hydrogens (tertiary/aromatic N) is 1. The van der Waals surface area contributed by atoms with Crippen molar-refractivity contribution in [1.82, 2.24) is 14.9 Å². The van der Waals surface area contributed by atoms with Crippen LogP contribution in [0.1, 0.15) is 18.4 Å². The molecule has 0 aromatic heterocycles. The van der Waals surface area contributed by atoms with E-state index in [1.165, 1.54) is 31.4 Å². The second kappa shape index (κ2) is 13.4. The number of aliphatic carboxylic acids is 1. The fraction of sp³-hybridized carbons (Fsp3) is 0.440. The molecule has 10 nitrogen and oxygen atoms in total. The Kier molecular flexibility index (Phi) is 10.2. The number of amides is 1. The maximum Gasteiger partial charge on any atom is 0.320 e. The lowest BCUT2D eigenvalue weighted by Crippen LogP contribution is -2.54. The lowest BCUT2D eigenvalue weighted by molar-refractivity contribution is -0.142. The quantitative estimate of drug-likeness (QED) is 0.360. The van der Waals surface area contributed by atoms with Crippen molar-refractivity contribution in [2.24, 2.45) is 0 Å². The molecular formula is C25H33N3O7S. The highest BCUT2D eigenvalue weighted by Crippen LogP contribution is 2.15. The zero-order valence-electron chi connectivity index (χ0n) is 20.3. The first-order chi connectivity index (χ1) is 17.3. The molecule has 0 bridgehead atoms. The van der Waals surface area contributed by atoms with Gasteiger partial charge in [-0.15, -0.1) is 0 Å². The van der Waals surface area contributed by atoms with E-state index in [4.69, 9.17) is 9.47 Å². The van der Waals surface area contributed by atoms with Crippen LogP contribution in [0.5, 0.6) is 5.75 Å². The van der Waals surface area contributed by atoms with E-state index in [9.17, 15) is 23.1 Å². The van der Waals surface area contributed by atoms with E-state index in [1.54, 1.807) is 4.90 Å². The van der Waals surface area contributed by atoms with Crippen LogP contribution in [0.4, 0.5) is 0 Å². The summed E-state index contributed by atoms with van der Waals surface area (Å²) in [5, 5.41) is 12.8. The number of carboxylic acids is 1. The number of nitrogens with one attached hydrogen (secondary N) is 2. The molecule has 1 amide bonds. The summed E-state index contributed by atoms with van der Waals surface area (Å²) in [5.41, 5.74) is 1.04. The Hall–Kier alpha value is -2.99. The van der Waals surface area contributed by atoms with Crippen molar-refractivity contribution in [2.75, 3.05) is 40.0 Å². The van der Waals surface area contributed by atoms with Gasteiger partial charge in [0, 0.05) is 19.6 Å². The van der Waals surface area contributed by atoms with Gasteiger partial charge < -0.3 is 19.5 Å². The molecular weight excluding hydrogens is 486 g/mol. The van der Waals surface area contributed by atoms with Crippen molar-refractivity contribution in [3.63, 3.8) is 0 Å². The lowest BCUT2D eigenvalue weighted by atomic mass is 10.0. The summed E-state index contributed by atoms with van der Waals surface area (Å²) in [6, 6.07) is 13.7. The molecule has 11 heteroatoms. The molecule has 0 unspecified atom stereocenters. The molecule has 0 aliphatic carbocycles. The standard InChI is InChI=1S/C25H33N3O7S/c1-34-20-8-10-21(11-9-20)36(32,33)26-14-13-23(25(30)31)27-22(12-7-19-5-3-2-4-6-19)24(29)28-15-17-35-18-16-28/h2-6,8-11,22-23,26-27H,7,12-18H2,1H3,(H,30,31)/t22-,23-/m0/s1. The van der Waals surface area contributed by atoms with E-state index < -0.39 is 28.1 Å². The molecule has 1 fully saturated rings. The van der Waals surface area contributed by atoms with E-state index in [-0.39, 0.29) is 23.8 Å². The smallest absolute Gasteiger partial charge is 0.320 e. The van der Waals surface area contributed by atoms with Gasteiger partial charge >= 0.3 is 5.97 Å². The Morgan fingerprint density at radius 1 is 1.03 bits per heavy atom. The number of rotatable bonds is 13. The van der Waals surface area contributed by atoms with E-state index in [0.717, 1.165) is 5.56 Å². The van der Waals surface area contributed by atoms with Crippen molar-refractivity contribution in [2.45, 2.75) is 36.2 Å². The van der Waals surface area contributed by atoms with Gasteiger partial charge in [0.25, 0.3) is 0 Å². The number of aryl methyl sites for hydroxylation is 1. The van der Waals surface area contributed by atoms with Crippen LogP contribution in [0.2, 0.25) is 0 Å². The van der Waals surface area contributed by atoms with Gasteiger partial charge in [0.05, 0.1) is 31.3 Å². The average molecular weight is 520 g/mol.